The Bertz CT molecular complexity index is 533. The van der Waals surface area contributed by atoms with E-state index in [2.05, 4.69) is 15.5 Å². The maximum atomic E-state index is 13.0. The van der Waals surface area contributed by atoms with Crippen LogP contribution in [0.25, 0.3) is 0 Å². The van der Waals surface area contributed by atoms with Gasteiger partial charge >= 0.3 is 0 Å². The zero-order valence-electron chi connectivity index (χ0n) is 12.8. The van der Waals surface area contributed by atoms with E-state index in [4.69, 9.17) is 0 Å². The molecule has 2 N–H and O–H groups in total. The monoisotopic (exact) mass is 336 g/mol. The van der Waals surface area contributed by atoms with Crippen molar-refractivity contribution in [3.8, 4) is 0 Å². The van der Waals surface area contributed by atoms with Crippen molar-refractivity contribution < 1.29 is 8.42 Å². The van der Waals surface area contributed by atoms with Crippen LogP contribution in [0.5, 0.6) is 0 Å². The van der Waals surface area contributed by atoms with Gasteiger partial charge in [-0.2, -0.15) is 9.40 Å². The molecule has 2 rings (SSSR count). The maximum Gasteiger partial charge on any atom is 0.246 e. The van der Waals surface area contributed by atoms with Crippen LogP contribution in [-0.4, -0.2) is 48.6 Å². The van der Waals surface area contributed by atoms with Crippen molar-refractivity contribution in [2.45, 2.75) is 51.0 Å². The molecule has 1 aromatic rings. The summed E-state index contributed by atoms with van der Waals surface area (Å²) >= 11 is 0. The summed E-state index contributed by atoms with van der Waals surface area (Å²) in [6.45, 7) is 7.84. The zero-order valence-corrected chi connectivity index (χ0v) is 14.5. The first-order valence-electron chi connectivity index (χ1n) is 7.22. The van der Waals surface area contributed by atoms with Crippen molar-refractivity contribution >= 4 is 22.4 Å². The number of hydrogen-bond acceptors (Lipinski definition) is 4. The number of nitrogens with one attached hydrogen (secondary N) is 2. The van der Waals surface area contributed by atoms with Gasteiger partial charge in [-0.15, -0.1) is 12.4 Å². The number of piperidine rings is 1. The van der Waals surface area contributed by atoms with Gasteiger partial charge in [0.1, 0.15) is 4.90 Å². The number of rotatable bonds is 5. The molecule has 8 heteroatoms. The first-order chi connectivity index (χ1) is 9.48. The average molecular weight is 337 g/mol. The molecule has 1 aliphatic rings. The number of aromatic nitrogens is 2. The van der Waals surface area contributed by atoms with Gasteiger partial charge in [0.15, 0.2) is 0 Å². The van der Waals surface area contributed by atoms with E-state index < -0.39 is 10.0 Å². The van der Waals surface area contributed by atoms with Gasteiger partial charge < -0.3 is 5.32 Å². The fourth-order valence-corrected chi connectivity index (χ4v) is 4.96. The highest BCUT2D eigenvalue weighted by Crippen LogP contribution is 2.26. The number of nitrogens with zero attached hydrogens (tertiary/aromatic N) is 2. The van der Waals surface area contributed by atoms with E-state index in [9.17, 15) is 8.42 Å². The Morgan fingerprint density at radius 1 is 1.29 bits per heavy atom. The number of sulfonamides is 1. The van der Waals surface area contributed by atoms with E-state index in [1.165, 1.54) is 0 Å². The van der Waals surface area contributed by atoms with Crippen LogP contribution < -0.4 is 5.32 Å². The van der Waals surface area contributed by atoms with E-state index in [0.717, 1.165) is 32.4 Å². The van der Waals surface area contributed by atoms with Gasteiger partial charge in [-0.3, -0.25) is 5.10 Å². The SMILES string of the molecule is CCCN(C1CCNCC1)S(=O)(=O)c1c(C)n[nH]c1C.Cl. The molecule has 1 aromatic heterocycles. The van der Waals surface area contributed by atoms with Crippen molar-refractivity contribution in [3.63, 3.8) is 0 Å². The Morgan fingerprint density at radius 3 is 2.38 bits per heavy atom. The predicted octanol–water partition coefficient (Wildman–Crippen LogP) is 1.60. The highest BCUT2D eigenvalue weighted by Gasteiger charge is 2.34. The molecule has 0 amide bonds. The number of aromatic amines is 1. The van der Waals surface area contributed by atoms with Crippen molar-refractivity contribution in [3.05, 3.63) is 11.4 Å². The quantitative estimate of drug-likeness (QED) is 0.856. The molecule has 1 fully saturated rings. The summed E-state index contributed by atoms with van der Waals surface area (Å²) in [4.78, 5) is 0.351. The number of H-pyrrole nitrogens is 1. The Balaban J connectivity index is 0.00000220. The van der Waals surface area contributed by atoms with Gasteiger partial charge in [0.05, 0.1) is 11.4 Å². The fourth-order valence-electron chi connectivity index (χ4n) is 2.85. The summed E-state index contributed by atoms with van der Waals surface area (Å²) in [5, 5.41) is 10.1. The normalized spacial score (nSPS) is 17.0. The third-order valence-corrected chi connectivity index (χ3v) is 6.00. The van der Waals surface area contributed by atoms with Crippen LogP contribution in [0.2, 0.25) is 0 Å². The van der Waals surface area contributed by atoms with Gasteiger partial charge in [0, 0.05) is 12.6 Å². The Morgan fingerprint density at radius 2 is 1.90 bits per heavy atom. The van der Waals surface area contributed by atoms with Crippen molar-refractivity contribution in [1.82, 2.24) is 19.8 Å². The van der Waals surface area contributed by atoms with E-state index in [1.807, 2.05) is 6.92 Å². The minimum absolute atomic E-state index is 0. The highest BCUT2D eigenvalue weighted by atomic mass is 35.5. The Labute approximate surface area is 133 Å². The van der Waals surface area contributed by atoms with Gasteiger partial charge in [-0.25, -0.2) is 8.42 Å². The van der Waals surface area contributed by atoms with Gasteiger partial charge in [0.2, 0.25) is 10.0 Å². The lowest BCUT2D eigenvalue weighted by molar-refractivity contribution is 0.262. The molecule has 1 aliphatic heterocycles. The van der Waals surface area contributed by atoms with Crippen LogP contribution in [0.3, 0.4) is 0 Å². The molecule has 0 radical (unpaired) electrons. The topological polar surface area (TPSA) is 78.1 Å². The minimum atomic E-state index is -3.47. The van der Waals surface area contributed by atoms with E-state index in [1.54, 1.807) is 18.2 Å². The first kappa shape index (κ1) is 18.4. The van der Waals surface area contributed by atoms with Gasteiger partial charge in [-0.1, -0.05) is 6.92 Å². The van der Waals surface area contributed by atoms with Crippen LogP contribution in [0.4, 0.5) is 0 Å². The van der Waals surface area contributed by atoms with E-state index in [-0.39, 0.29) is 18.4 Å². The van der Waals surface area contributed by atoms with Crippen LogP contribution in [0, 0.1) is 13.8 Å². The molecule has 6 nitrogen and oxygen atoms in total. The second-order valence-electron chi connectivity index (χ2n) is 5.36. The summed E-state index contributed by atoms with van der Waals surface area (Å²) in [7, 11) is -3.47. The summed E-state index contributed by atoms with van der Waals surface area (Å²) < 4.78 is 27.6. The molecule has 0 bridgehead atoms. The third-order valence-electron chi connectivity index (χ3n) is 3.79. The van der Waals surface area contributed by atoms with E-state index >= 15 is 0 Å². The predicted molar refractivity (Wildman–Crippen MR) is 85.4 cm³/mol. The second-order valence-corrected chi connectivity index (χ2v) is 7.19. The lowest BCUT2D eigenvalue weighted by Gasteiger charge is -2.33. The van der Waals surface area contributed by atoms with Crippen LogP contribution in [0.15, 0.2) is 4.90 Å². The van der Waals surface area contributed by atoms with E-state index in [0.29, 0.717) is 22.8 Å². The Kier molecular flexibility index (Phi) is 6.65. The Hall–Kier alpha value is -0.630. The summed E-state index contributed by atoms with van der Waals surface area (Å²) in [6.07, 6.45) is 2.56. The van der Waals surface area contributed by atoms with Crippen LogP contribution in [0.1, 0.15) is 37.6 Å². The third kappa shape index (κ3) is 3.77. The molecular formula is C13H25ClN4O2S. The maximum absolute atomic E-state index is 13.0. The standard InChI is InChI=1S/C13H24N4O2S.ClH/c1-4-9-17(12-5-7-14-8-6-12)20(18,19)13-10(2)15-16-11(13)3;/h12,14H,4-9H2,1-3H3,(H,15,16);1H. The molecule has 0 aromatic carbocycles. The average Bonchev–Trinajstić information content (AvgIpc) is 2.77. The van der Waals surface area contributed by atoms with Gasteiger partial charge in [-0.05, 0) is 46.2 Å². The van der Waals surface area contributed by atoms with Crippen molar-refractivity contribution in [2.24, 2.45) is 0 Å². The molecule has 0 aliphatic carbocycles. The zero-order chi connectivity index (χ0) is 14.8. The smallest absolute Gasteiger partial charge is 0.246 e. The van der Waals surface area contributed by atoms with Crippen LogP contribution in [-0.2, 0) is 10.0 Å². The molecule has 0 atom stereocenters. The van der Waals surface area contributed by atoms with Crippen molar-refractivity contribution in [1.29, 1.82) is 0 Å². The lowest BCUT2D eigenvalue weighted by atomic mass is 10.1. The largest absolute Gasteiger partial charge is 0.317 e. The van der Waals surface area contributed by atoms with Crippen molar-refractivity contribution in [2.75, 3.05) is 19.6 Å². The molecule has 122 valence electrons. The first-order valence-corrected chi connectivity index (χ1v) is 8.66. The molecule has 0 saturated carbocycles. The molecule has 2 heterocycles. The highest BCUT2D eigenvalue weighted by molar-refractivity contribution is 7.89. The fraction of sp³-hybridized carbons (Fsp3) is 0.769. The summed E-state index contributed by atoms with van der Waals surface area (Å²) in [5.74, 6) is 0. The molecule has 0 spiro atoms. The number of aryl methyl sites for hydroxylation is 2. The number of halogens is 1. The van der Waals surface area contributed by atoms with Crippen LogP contribution >= 0.6 is 12.4 Å². The lowest BCUT2D eigenvalue weighted by Crippen LogP contribution is -2.46. The summed E-state index contributed by atoms with van der Waals surface area (Å²) in [6, 6.07) is 0.0925. The summed E-state index contributed by atoms with van der Waals surface area (Å²) in [5.41, 5.74) is 1.18. The van der Waals surface area contributed by atoms with Gasteiger partial charge in [0.25, 0.3) is 0 Å². The minimum Gasteiger partial charge on any atom is -0.317 e. The second kappa shape index (κ2) is 7.58. The molecule has 21 heavy (non-hydrogen) atoms. The molecule has 0 unspecified atom stereocenters. The number of hydrogen-bond donors (Lipinski definition) is 2. The molecule has 1 saturated heterocycles. The molecular weight excluding hydrogens is 312 g/mol.